The van der Waals surface area contributed by atoms with E-state index in [-0.39, 0.29) is 29.5 Å². The first-order chi connectivity index (χ1) is 13.8. The number of aryl methyl sites for hydroxylation is 1. The number of anilines is 1. The lowest BCUT2D eigenvalue weighted by Crippen LogP contribution is -2.12. The molecule has 3 aromatic rings. The maximum Gasteiger partial charge on any atom is 0.310 e. The highest BCUT2D eigenvalue weighted by Crippen LogP contribution is 2.27. The predicted molar refractivity (Wildman–Crippen MR) is 102 cm³/mol. The van der Waals surface area contributed by atoms with Crippen LogP contribution < -0.4 is 10.1 Å². The van der Waals surface area contributed by atoms with E-state index in [1.807, 2.05) is 0 Å². The molecule has 1 N–H and O–H groups in total. The summed E-state index contributed by atoms with van der Waals surface area (Å²) in [7, 11) is 0. The molecule has 148 valence electrons. The van der Waals surface area contributed by atoms with Crippen molar-refractivity contribution in [3.05, 3.63) is 91.9 Å². The fraction of sp³-hybridized carbons (Fsp3) is 0.105. The molecule has 1 aromatic heterocycles. The van der Waals surface area contributed by atoms with E-state index in [0.29, 0.717) is 17.0 Å². The van der Waals surface area contributed by atoms with Crippen LogP contribution in [0.15, 0.2) is 59.0 Å². The van der Waals surface area contributed by atoms with Crippen molar-refractivity contribution in [2.75, 3.05) is 5.32 Å². The highest BCUT2D eigenvalue weighted by atomic mass is 16.6. The normalized spacial score (nSPS) is 10.4. The van der Waals surface area contributed by atoms with Gasteiger partial charge in [-0.05, 0) is 36.8 Å². The van der Waals surface area contributed by atoms with Gasteiger partial charge in [-0.3, -0.25) is 25.0 Å². The molecule has 0 saturated heterocycles. The topological polar surface area (TPSA) is 138 Å². The van der Waals surface area contributed by atoms with E-state index in [0.717, 1.165) is 0 Å². The van der Waals surface area contributed by atoms with Gasteiger partial charge >= 0.3 is 5.69 Å². The standard InChI is InChI=1S/C19H15N3O7/c1-12-10-13(21(24)25)6-8-15(12)20-19(23)18-9-7-14(29-18)11-28-17-5-3-2-4-16(17)22(26)27/h2-10H,11H2,1H3,(H,20,23). The Morgan fingerprint density at radius 3 is 2.52 bits per heavy atom. The van der Waals surface area contributed by atoms with Gasteiger partial charge in [-0.1, -0.05) is 12.1 Å². The third-order valence-corrected chi connectivity index (χ3v) is 3.99. The number of furan rings is 1. The van der Waals surface area contributed by atoms with Crippen LogP contribution in [0.5, 0.6) is 5.75 Å². The highest BCUT2D eigenvalue weighted by Gasteiger charge is 2.17. The molecule has 0 aliphatic carbocycles. The molecular formula is C19H15N3O7. The Hall–Kier alpha value is -4.21. The van der Waals surface area contributed by atoms with Gasteiger partial charge < -0.3 is 14.5 Å². The van der Waals surface area contributed by atoms with Gasteiger partial charge in [-0.15, -0.1) is 0 Å². The van der Waals surface area contributed by atoms with Crippen LogP contribution in [0.2, 0.25) is 0 Å². The molecule has 0 atom stereocenters. The van der Waals surface area contributed by atoms with Gasteiger partial charge in [0.2, 0.25) is 0 Å². The monoisotopic (exact) mass is 397 g/mol. The Labute approximate surface area is 164 Å². The number of hydrogen-bond acceptors (Lipinski definition) is 7. The molecule has 3 rings (SSSR count). The zero-order chi connectivity index (χ0) is 21.0. The summed E-state index contributed by atoms with van der Waals surface area (Å²) in [5.74, 6) is -0.155. The van der Waals surface area contributed by atoms with E-state index in [1.54, 1.807) is 13.0 Å². The van der Waals surface area contributed by atoms with Crippen LogP contribution in [0.3, 0.4) is 0 Å². The van der Waals surface area contributed by atoms with E-state index in [2.05, 4.69) is 5.32 Å². The van der Waals surface area contributed by atoms with Crippen molar-refractivity contribution in [2.24, 2.45) is 0 Å². The van der Waals surface area contributed by atoms with Crippen molar-refractivity contribution >= 4 is 23.0 Å². The Morgan fingerprint density at radius 1 is 1.07 bits per heavy atom. The van der Waals surface area contributed by atoms with Gasteiger partial charge in [0, 0.05) is 23.9 Å². The molecule has 1 amide bonds. The number of benzene rings is 2. The minimum absolute atomic E-state index is 0.00362. The molecular weight excluding hydrogens is 382 g/mol. The Bertz CT molecular complexity index is 1090. The summed E-state index contributed by atoms with van der Waals surface area (Å²) in [6.45, 7) is 1.53. The molecule has 0 spiro atoms. The van der Waals surface area contributed by atoms with Gasteiger partial charge in [-0.25, -0.2) is 0 Å². The predicted octanol–water partition coefficient (Wildman–Crippen LogP) is 4.24. The lowest BCUT2D eigenvalue weighted by molar-refractivity contribution is -0.386. The van der Waals surface area contributed by atoms with Gasteiger partial charge in [0.1, 0.15) is 12.4 Å². The van der Waals surface area contributed by atoms with Gasteiger partial charge in [-0.2, -0.15) is 0 Å². The van der Waals surface area contributed by atoms with E-state index >= 15 is 0 Å². The van der Waals surface area contributed by atoms with Crippen LogP contribution in [0.1, 0.15) is 21.9 Å². The lowest BCUT2D eigenvalue weighted by atomic mass is 10.2. The molecule has 29 heavy (non-hydrogen) atoms. The van der Waals surface area contributed by atoms with Crippen LogP contribution in [-0.2, 0) is 6.61 Å². The summed E-state index contributed by atoms with van der Waals surface area (Å²) in [5, 5.41) is 24.4. The summed E-state index contributed by atoms with van der Waals surface area (Å²) in [6.07, 6.45) is 0. The van der Waals surface area contributed by atoms with Gasteiger partial charge in [0.05, 0.1) is 9.85 Å². The zero-order valence-corrected chi connectivity index (χ0v) is 15.2. The van der Waals surface area contributed by atoms with E-state index in [9.17, 15) is 25.0 Å². The SMILES string of the molecule is Cc1cc([N+](=O)[O-])ccc1NC(=O)c1ccc(COc2ccccc2[N+](=O)[O-])o1. The van der Waals surface area contributed by atoms with E-state index < -0.39 is 15.8 Å². The molecule has 0 aliphatic rings. The van der Waals surface area contributed by atoms with Crippen molar-refractivity contribution in [1.29, 1.82) is 0 Å². The number of carbonyl (C=O) groups excluding carboxylic acids is 1. The summed E-state index contributed by atoms with van der Waals surface area (Å²) in [4.78, 5) is 33.1. The minimum atomic E-state index is -0.553. The minimum Gasteiger partial charge on any atom is -0.479 e. The molecule has 10 nitrogen and oxygen atoms in total. The van der Waals surface area contributed by atoms with Crippen LogP contribution in [-0.4, -0.2) is 15.8 Å². The second kappa shape index (κ2) is 8.21. The first-order valence-corrected chi connectivity index (χ1v) is 8.36. The fourth-order valence-electron chi connectivity index (χ4n) is 2.54. The van der Waals surface area contributed by atoms with Crippen molar-refractivity contribution in [3.63, 3.8) is 0 Å². The molecule has 0 fully saturated rings. The van der Waals surface area contributed by atoms with Crippen LogP contribution in [0.25, 0.3) is 0 Å². The Kier molecular flexibility index (Phi) is 5.54. The smallest absolute Gasteiger partial charge is 0.310 e. The lowest BCUT2D eigenvalue weighted by Gasteiger charge is -2.07. The number of nitro benzene ring substituents is 2. The molecule has 0 saturated carbocycles. The second-order valence-corrected chi connectivity index (χ2v) is 5.99. The van der Waals surface area contributed by atoms with Gasteiger partial charge in [0.15, 0.2) is 11.5 Å². The molecule has 10 heteroatoms. The number of hydrogen-bond donors (Lipinski definition) is 1. The van der Waals surface area contributed by atoms with Crippen LogP contribution >= 0.6 is 0 Å². The maximum absolute atomic E-state index is 12.3. The average Bonchev–Trinajstić information content (AvgIpc) is 3.17. The average molecular weight is 397 g/mol. The van der Waals surface area contributed by atoms with Crippen LogP contribution in [0, 0.1) is 27.2 Å². The number of rotatable bonds is 7. The third-order valence-electron chi connectivity index (χ3n) is 3.99. The molecule has 0 unspecified atom stereocenters. The number of nitro groups is 2. The zero-order valence-electron chi connectivity index (χ0n) is 15.2. The number of amides is 1. The fourth-order valence-corrected chi connectivity index (χ4v) is 2.54. The Balaban J connectivity index is 1.66. The van der Waals surface area contributed by atoms with Crippen LogP contribution in [0.4, 0.5) is 17.1 Å². The molecule has 0 radical (unpaired) electrons. The molecule has 1 heterocycles. The van der Waals surface area contributed by atoms with Crippen molar-refractivity contribution in [2.45, 2.75) is 13.5 Å². The van der Waals surface area contributed by atoms with Crippen molar-refractivity contribution in [1.82, 2.24) is 0 Å². The van der Waals surface area contributed by atoms with Crippen molar-refractivity contribution < 1.29 is 23.8 Å². The summed E-state index contributed by atoms with van der Waals surface area (Å²) in [5.41, 5.74) is 0.687. The van der Waals surface area contributed by atoms with E-state index in [1.165, 1.54) is 48.5 Å². The quantitative estimate of drug-likeness (QED) is 0.465. The largest absolute Gasteiger partial charge is 0.479 e. The number of para-hydroxylation sites is 2. The summed E-state index contributed by atoms with van der Waals surface area (Å²) >= 11 is 0. The maximum atomic E-state index is 12.3. The molecule has 0 bridgehead atoms. The summed E-state index contributed by atoms with van der Waals surface area (Å²) in [6, 6.07) is 13.0. The van der Waals surface area contributed by atoms with Crippen molar-refractivity contribution in [3.8, 4) is 5.75 Å². The summed E-state index contributed by atoms with van der Waals surface area (Å²) < 4.78 is 10.8. The number of nitrogens with zero attached hydrogens (tertiary/aromatic N) is 2. The molecule has 0 aliphatic heterocycles. The third kappa shape index (κ3) is 4.56. The number of carbonyl (C=O) groups is 1. The first kappa shape index (κ1) is 19.5. The number of nitrogens with one attached hydrogen (secondary N) is 1. The molecule has 2 aromatic carbocycles. The second-order valence-electron chi connectivity index (χ2n) is 5.99. The van der Waals surface area contributed by atoms with E-state index in [4.69, 9.17) is 9.15 Å². The Morgan fingerprint density at radius 2 is 1.83 bits per heavy atom. The number of ether oxygens (including phenoxy) is 1. The number of non-ortho nitro benzene ring substituents is 1. The van der Waals surface area contributed by atoms with Gasteiger partial charge in [0.25, 0.3) is 11.6 Å². The highest BCUT2D eigenvalue weighted by molar-refractivity contribution is 6.02. The first-order valence-electron chi connectivity index (χ1n) is 8.36.